The molecule has 3 N–H and O–H groups in total. The Labute approximate surface area is 198 Å². The van der Waals surface area contributed by atoms with Crippen molar-refractivity contribution in [2.45, 2.75) is 12.2 Å². The van der Waals surface area contributed by atoms with Gasteiger partial charge in [-0.05, 0) is 24.3 Å². The van der Waals surface area contributed by atoms with Gasteiger partial charge in [0.15, 0.2) is 11.6 Å². The van der Waals surface area contributed by atoms with Gasteiger partial charge in [0.2, 0.25) is 0 Å². The summed E-state index contributed by atoms with van der Waals surface area (Å²) in [5.41, 5.74) is 8.49. The molecule has 1 amide bonds. The second-order valence-corrected chi connectivity index (χ2v) is 6.15. The summed E-state index contributed by atoms with van der Waals surface area (Å²) in [5, 5.41) is 13.0. The molecule has 2 aromatic rings. The van der Waals surface area contributed by atoms with E-state index in [-0.39, 0.29) is 76.1 Å². The normalized spacial score (nSPS) is 16.9. The maximum absolute atomic E-state index is 14.3. The Morgan fingerprint density at radius 1 is 1.32 bits per heavy atom. The van der Waals surface area contributed by atoms with Crippen LogP contribution in [-0.2, 0) is 4.74 Å². The maximum Gasteiger partial charge on any atom is 0.414 e. The Bertz CT molecular complexity index is 781. The van der Waals surface area contributed by atoms with E-state index in [9.17, 15) is 14.3 Å². The SMILES string of the molecule is [Ac].[NH-]C[C@H]1CN(c2ccc(OCC(O)CNc3ccccc3)c(F)c2)C(=O)O1. The maximum atomic E-state index is 14.3. The van der Waals surface area contributed by atoms with Crippen LogP contribution in [0.25, 0.3) is 5.73 Å². The average molecular weight is 601 g/mol. The van der Waals surface area contributed by atoms with Crippen LogP contribution >= 0.6 is 0 Å². The molecule has 1 fully saturated rings. The Balaban J connectivity index is 0.00000280. The molecule has 0 saturated carbocycles. The number of aliphatic hydroxyl groups excluding tert-OH is 1. The van der Waals surface area contributed by atoms with Crippen LogP contribution in [0.15, 0.2) is 48.5 Å². The summed E-state index contributed by atoms with van der Waals surface area (Å²) in [6, 6.07) is 13.5. The number of hydrogen-bond acceptors (Lipinski definition) is 5. The van der Waals surface area contributed by atoms with Crippen molar-refractivity contribution in [3.05, 3.63) is 60.1 Å². The molecule has 28 heavy (non-hydrogen) atoms. The van der Waals surface area contributed by atoms with Crippen molar-refractivity contribution >= 4 is 17.5 Å². The molecule has 147 valence electrons. The van der Waals surface area contributed by atoms with E-state index in [0.29, 0.717) is 5.69 Å². The molecule has 1 saturated heterocycles. The first-order chi connectivity index (χ1) is 13.1. The van der Waals surface area contributed by atoms with E-state index in [1.807, 2.05) is 30.3 Å². The minimum Gasteiger partial charge on any atom is -0.674 e. The third-order valence-electron chi connectivity index (χ3n) is 4.08. The van der Waals surface area contributed by atoms with Gasteiger partial charge < -0.3 is 25.6 Å². The number of carbonyl (C=O) groups is 1. The molecule has 0 bridgehead atoms. The number of halogens is 1. The molecule has 1 aliphatic rings. The van der Waals surface area contributed by atoms with Crippen molar-refractivity contribution in [1.29, 1.82) is 0 Å². The molecule has 1 heterocycles. The number of ether oxygens (including phenoxy) is 2. The van der Waals surface area contributed by atoms with Gasteiger partial charge in [0.25, 0.3) is 0 Å². The second kappa shape index (κ2) is 11.0. The number of amides is 1. The van der Waals surface area contributed by atoms with Gasteiger partial charge in [-0.15, -0.1) is 6.54 Å². The number of para-hydroxylation sites is 1. The molecule has 1 unspecified atom stereocenters. The van der Waals surface area contributed by atoms with Crippen LogP contribution in [-0.4, -0.2) is 49.6 Å². The van der Waals surface area contributed by atoms with Gasteiger partial charge in [-0.2, -0.15) is 0 Å². The number of nitrogens with zero attached hydrogens (tertiary/aromatic N) is 1. The van der Waals surface area contributed by atoms with E-state index in [1.54, 1.807) is 6.07 Å². The first-order valence-electron chi connectivity index (χ1n) is 8.59. The number of anilines is 2. The zero-order chi connectivity index (χ0) is 19.2. The van der Waals surface area contributed by atoms with Crippen LogP contribution < -0.4 is 15.0 Å². The fraction of sp³-hybridized carbons (Fsp3) is 0.316. The topological polar surface area (TPSA) is 94.8 Å². The molecule has 0 aliphatic carbocycles. The van der Waals surface area contributed by atoms with Crippen molar-refractivity contribution < 1.29 is 67.8 Å². The molecule has 7 nitrogen and oxygen atoms in total. The number of hydrogen-bond donors (Lipinski definition) is 2. The minimum absolute atomic E-state index is 0. The number of cyclic esters (lactones) is 1. The predicted molar refractivity (Wildman–Crippen MR) is 99.6 cm³/mol. The molecule has 3 rings (SSSR count). The molecular formula is C19H21AcFN3O4-. The fourth-order valence-electron chi connectivity index (χ4n) is 2.65. The molecule has 0 aromatic heterocycles. The molecule has 1 radical (unpaired) electrons. The summed E-state index contributed by atoms with van der Waals surface area (Å²) in [4.78, 5) is 13.1. The number of aliphatic hydroxyl groups is 1. The quantitative estimate of drug-likeness (QED) is 0.486. The third-order valence-corrected chi connectivity index (χ3v) is 4.08. The van der Waals surface area contributed by atoms with E-state index in [4.69, 9.17) is 15.2 Å². The van der Waals surface area contributed by atoms with E-state index >= 15 is 0 Å². The fourth-order valence-corrected chi connectivity index (χ4v) is 2.65. The van der Waals surface area contributed by atoms with Gasteiger partial charge in [0.1, 0.15) is 18.8 Å². The Kier molecular flexibility index (Phi) is 8.96. The van der Waals surface area contributed by atoms with Crippen molar-refractivity contribution in [1.82, 2.24) is 0 Å². The number of rotatable bonds is 8. The molecular weight excluding hydrogens is 580 g/mol. The van der Waals surface area contributed by atoms with E-state index in [1.165, 1.54) is 17.0 Å². The van der Waals surface area contributed by atoms with Gasteiger partial charge >= 0.3 is 6.09 Å². The zero-order valence-corrected chi connectivity index (χ0v) is 19.9. The Morgan fingerprint density at radius 2 is 2.07 bits per heavy atom. The predicted octanol–water partition coefficient (Wildman–Crippen LogP) is 3.05. The van der Waals surface area contributed by atoms with Crippen LogP contribution in [0.3, 0.4) is 0 Å². The van der Waals surface area contributed by atoms with Crippen LogP contribution in [0.5, 0.6) is 5.75 Å². The average Bonchev–Trinajstić information content (AvgIpc) is 3.07. The summed E-state index contributed by atoms with van der Waals surface area (Å²) in [7, 11) is 0. The Hall–Kier alpha value is -1.40. The van der Waals surface area contributed by atoms with Gasteiger partial charge in [0, 0.05) is 62.4 Å². The molecule has 0 spiro atoms. The van der Waals surface area contributed by atoms with Crippen molar-refractivity contribution in [2.24, 2.45) is 0 Å². The van der Waals surface area contributed by atoms with E-state index in [2.05, 4.69) is 5.32 Å². The Morgan fingerprint density at radius 3 is 2.71 bits per heavy atom. The smallest absolute Gasteiger partial charge is 0.414 e. The van der Waals surface area contributed by atoms with Crippen LogP contribution in [0.2, 0.25) is 0 Å². The standard InChI is InChI=1S/C19H21FN3O4.Ac/c20-17-8-14(23-11-16(9-21)27-19(23)25)6-7-18(17)26-12-15(24)10-22-13-4-2-1-3-5-13;/h1-8,15-16,21-22,24H,9-12H2;/q-1;/t15?,16-;/m0./s1. The number of nitrogens with one attached hydrogen (secondary N) is 2. The second-order valence-electron chi connectivity index (χ2n) is 6.15. The third kappa shape index (κ3) is 6.05. The summed E-state index contributed by atoms with van der Waals surface area (Å²) < 4.78 is 24.6. The summed E-state index contributed by atoms with van der Waals surface area (Å²) >= 11 is 0. The summed E-state index contributed by atoms with van der Waals surface area (Å²) in [6.07, 6.45) is -1.93. The van der Waals surface area contributed by atoms with Gasteiger partial charge in [-0.1, -0.05) is 18.2 Å². The minimum atomic E-state index is -0.823. The summed E-state index contributed by atoms with van der Waals surface area (Å²) in [5.74, 6) is -0.653. The first kappa shape index (κ1) is 22.9. The molecule has 2 aromatic carbocycles. The van der Waals surface area contributed by atoms with Crippen molar-refractivity contribution in [3.63, 3.8) is 0 Å². The largest absolute Gasteiger partial charge is 0.674 e. The van der Waals surface area contributed by atoms with Crippen molar-refractivity contribution in [3.8, 4) is 5.75 Å². The number of benzene rings is 2. The van der Waals surface area contributed by atoms with Gasteiger partial charge in [0.05, 0.1) is 12.2 Å². The van der Waals surface area contributed by atoms with Crippen molar-refractivity contribution in [2.75, 3.05) is 36.5 Å². The van der Waals surface area contributed by atoms with E-state index < -0.39 is 24.1 Å². The van der Waals surface area contributed by atoms with Gasteiger partial charge in [-0.25, -0.2) is 9.18 Å². The first-order valence-corrected chi connectivity index (χ1v) is 8.59. The van der Waals surface area contributed by atoms with Gasteiger partial charge in [-0.3, -0.25) is 4.90 Å². The van der Waals surface area contributed by atoms with Crippen LogP contribution in [0.4, 0.5) is 20.6 Å². The van der Waals surface area contributed by atoms with Crippen LogP contribution in [0.1, 0.15) is 0 Å². The van der Waals surface area contributed by atoms with E-state index in [0.717, 1.165) is 5.69 Å². The summed E-state index contributed by atoms with van der Waals surface area (Å²) in [6.45, 7) is 0.354. The van der Waals surface area contributed by atoms with Crippen LogP contribution in [0, 0.1) is 49.9 Å². The molecule has 1 aliphatic heterocycles. The molecule has 2 atom stereocenters. The number of carbonyl (C=O) groups excluding carboxylic acids is 1. The molecule has 9 heteroatoms. The monoisotopic (exact) mass is 601 g/mol. The zero-order valence-electron chi connectivity index (χ0n) is 15.2.